The molecule has 0 saturated carbocycles. The highest BCUT2D eigenvalue weighted by Crippen LogP contribution is 2.23. The van der Waals surface area contributed by atoms with Crippen LogP contribution in [0.2, 0.25) is 0 Å². The van der Waals surface area contributed by atoms with Crippen LogP contribution >= 0.6 is 0 Å². The average Bonchev–Trinajstić information content (AvgIpc) is 2.24. The maximum absolute atomic E-state index is 11.6. The molecule has 18 heavy (non-hydrogen) atoms. The van der Waals surface area contributed by atoms with Crippen molar-refractivity contribution < 1.29 is 9.90 Å². The van der Waals surface area contributed by atoms with Crippen molar-refractivity contribution in [2.75, 3.05) is 5.32 Å². The molecule has 0 aromatic heterocycles. The summed E-state index contributed by atoms with van der Waals surface area (Å²) in [6.45, 7) is 8.20. The molecule has 0 aliphatic rings. The van der Waals surface area contributed by atoms with Gasteiger partial charge in [0.05, 0.1) is 0 Å². The van der Waals surface area contributed by atoms with Crippen LogP contribution in [-0.4, -0.2) is 11.1 Å². The van der Waals surface area contributed by atoms with E-state index in [2.05, 4.69) is 31.4 Å². The third kappa shape index (κ3) is 4.49. The number of aromatic hydroxyl groups is 1. The predicted octanol–water partition coefficient (Wildman–Crippen LogP) is 3.46. The molecule has 0 aliphatic heterocycles. The normalized spacial score (nSPS) is 12.1. The molecule has 1 rings (SSSR count). The number of phenolic OH excluding ortho intramolecular Hbond substituents is 1. The van der Waals surface area contributed by atoms with Gasteiger partial charge >= 0.3 is 6.03 Å². The van der Waals surface area contributed by atoms with E-state index in [1.165, 1.54) is 6.07 Å². The minimum atomic E-state index is -0.329. The van der Waals surface area contributed by atoms with Crippen molar-refractivity contribution in [1.82, 2.24) is 5.32 Å². The van der Waals surface area contributed by atoms with Gasteiger partial charge in [0.25, 0.3) is 0 Å². The molecular formula is C14H20N2O2. The molecule has 0 heterocycles. The van der Waals surface area contributed by atoms with Gasteiger partial charge in [-0.25, -0.2) is 4.79 Å². The summed E-state index contributed by atoms with van der Waals surface area (Å²) in [5.41, 5.74) is 1.65. The fourth-order valence-corrected chi connectivity index (χ4v) is 1.14. The summed E-state index contributed by atoms with van der Waals surface area (Å²) in [4.78, 5) is 11.6. The number of phenols is 1. The smallest absolute Gasteiger partial charge is 0.323 e. The number of rotatable bonds is 2. The summed E-state index contributed by atoms with van der Waals surface area (Å²) in [6, 6.07) is 6.08. The van der Waals surface area contributed by atoms with Crippen molar-refractivity contribution >= 4 is 11.7 Å². The van der Waals surface area contributed by atoms with Gasteiger partial charge in [0.2, 0.25) is 0 Å². The van der Waals surface area contributed by atoms with E-state index in [4.69, 9.17) is 0 Å². The van der Waals surface area contributed by atoms with Crippen LogP contribution in [0, 0.1) is 5.41 Å². The summed E-state index contributed by atoms with van der Waals surface area (Å²) in [6.07, 6.45) is 1.69. The quantitative estimate of drug-likeness (QED) is 0.750. The Bertz CT molecular complexity index is 459. The SMILES string of the molecule is C/C(=C\NC(=O)Nc1cccc(O)c1)C(C)(C)C. The fraction of sp³-hybridized carbons (Fsp3) is 0.357. The second-order valence-electron chi connectivity index (χ2n) is 5.23. The fourth-order valence-electron chi connectivity index (χ4n) is 1.14. The molecule has 1 aromatic carbocycles. The lowest BCUT2D eigenvalue weighted by atomic mass is 9.88. The van der Waals surface area contributed by atoms with Gasteiger partial charge in [-0.1, -0.05) is 32.4 Å². The number of anilines is 1. The first-order chi connectivity index (χ1) is 8.29. The van der Waals surface area contributed by atoms with Crippen molar-refractivity contribution in [3.63, 3.8) is 0 Å². The largest absolute Gasteiger partial charge is 0.508 e. The molecule has 0 radical (unpaired) electrons. The van der Waals surface area contributed by atoms with E-state index in [1.54, 1.807) is 24.4 Å². The molecule has 1 aromatic rings. The molecule has 3 N–H and O–H groups in total. The van der Waals surface area contributed by atoms with Crippen LogP contribution in [-0.2, 0) is 0 Å². The van der Waals surface area contributed by atoms with Gasteiger partial charge in [-0.15, -0.1) is 0 Å². The Morgan fingerprint density at radius 2 is 2.00 bits per heavy atom. The Morgan fingerprint density at radius 1 is 1.33 bits per heavy atom. The summed E-state index contributed by atoms with van der Waals surface area (Å²) in [7, 11) is 0. The van der Waals surface area contributed by atoms with Gasteiger partial charge in [-0.05, 0) is 24.5 Å². The first-order valence-corrected chi connectivity index (χ1v) is 5.83. The standard InChI is InChI=1S/C14H20N2O2/c1-10(14(2,3)4)9-15-13(18)16-11-6-5-7-12(17)8-11/h5-9,17H,1-4H3,(H2,15,16,18)/b10-9+. The number of carbonyl (C=O) groups is 1. The molecule has 0 saturated heterocycles. The van der Waals surface area contributed by atoms with E-state index in [-0.39, 0.29) is 17.2 Å². The summed E-state index contributed by atoms with van der Waals surface area (Å²) in [5, 5.41) is 14.6. The van der Waals surface area contributed by atoms with Crippen LogP contribution in [0.4, 0.5) is 10.5 Å². The van der Waals surface area contributed by atoms with Gasteiger partial charge in [-0.2, -0.15) is 0 Å². The number of allylic oxidation sites excluding steroid dienone is 1. The molecule has 98 valence electrons. The lowest BCUT2D eigenvalue weighted by Crippen LogP contribution is -2.25. The molecule has 4 nitrogen and oxygen atoms in total. The van der Waals surface area contributed by atoms with Crippen molar-refractivity contribution in [2.45, 2.75) is 27.7 Å². The van der Waals surface area contributed by atoms with E-state index in [0.717, 1.165) is 5.57 Å². The number of urea groups is 1. The Morgan fingerprint density at radius 3 is 2.56 bits per heavy atom. The Hall–Kier alpha value is -1.97. The topological polar surface area (TPSA) is 61.4 Å². The van der Waals surface area contributed by atoms with Gasteiger partial charge in [0.1, 0.15) is 5.75 Å². The highest BCUT2D eigenvalue weighted by Gasteiger charge is 2.12. The van der Waals surface area contributed by atoms with Gasteiger partial charge in [-0.3, -0.25) is 0 Å². The number of benzene rings is 1. The van der Waals surface area contributed by atoms with Crippen LogP contribution in [0.1, 0.15) is 27.7 Å². The average molecular weight is 248 g/mol. The molecule has 0 unspecified atom stereocenters. The zero-order valence-electron chi connectivity index (χ0n) is 11.2. The Labute approximate surface area is 108 Å². The predicted molar refractivity (Wildman–Crippen MR) is 73.5 cm³/mol. The van der Waals surface area contributed by atoms with Crippen LogP contribution in [0.25, 0.3) is 0 Å². The van der Waals surface area contributed by atoms with Crippen LogP contribution in [0.15, 0.2) is 36.0 Å². The minimum absolute atomic E-state index is 0.0261. The van der Waals surface area contributed by atoms with E-state index < -0.39 is 0 Å². The number of nitrogens with one attached hydrogen (secondary N) is 2. The third-order valence-corrected chi connectivity index (χ3v) is 2.71. The maximum Gasteiger partial charge on any atom is 0.323 e. The summed E-state index contributed by atoms with van der Waals surface area (Å²) < 4.78 is 0. The second kappa shape index (κ2) is 5.58. The summed E-state index contributed by atoms with van der Waals surface area (Å²) in [5.74, 6) is 0.120. The van der Waals surface area contributed by atoms with E-state index in [1.807, 2.05) is 6.92 Å². The second-order valence-corrected chi connectivity index (χ2v) is 5.23. The monoisotopic (exact) mass is 248 g/mol. The van der Waals surface area contributed by atoms with Crippen LogP contribution < -0.4 is 10.6 Å². The molecule has 0 bridgehead atoms. The molecular weight excluding hydrogens is 228 g/mol. The van der Waals surface area contributed by atoms with E-state index in [9.17, 15) is 9.90 Å². The minimum Gasteiger partial charge on any atom is -0.508 e. The lowest BCUT2D eigenvalue weighted by molar-refractivity contribution is 0.255. The van der Waals surface area contributed by atoms with Crippen LogP contribution in [0.5, 0.6) is 5.75 Å². The number of hydrogen-bond donors (Lipinski definition) is 3. The summed E-state index contributed by atoms with van der Waals surface area (Å²) >= 11 is 0. The first-order valence-electron chi connectivity index (χ1n) is 5.83. The van der Waals surface area contributed by atoms with Crippen molar-refractivity contribution in [3.05, 3.63) is 36.0 Å². The molecule has 0 aliphatic carbocycles. The molecule has 0 fully saturated rings. The number of amides is 2. The lowest BCUT2D eigenvalue weighted by Gasteiger charge is -2.19. The van der Waals surface area contributed by atoms with Gasteiger partial charge < -0.3 is 15.7 Å². The van der Waals surface area contributed by atoms with Crippen LogP contribution in [0.3, 0.4) is 0 Å². The third-order valence-electron chi connectivity index (χ3n) is 2.71. The number of carbonyl (C=O) groups excluding carboxylic acids is 1. The number of hydrogen-bond acceptors (Lipinski definition) is 2. The highest BCUT2D eigenvalue weighted by molar-refractivity contribution is 5.90. The molecule has 2 amide bonds. The Balaban J connectivity index is 2.58. The molecule has 0 spiro atoms. The van der Waals surface area contributed by atoms with Crippen molar-refractivity contribution in [3.8, 4) is 5.75 Å². The van der Waals surface area contributed by atoms with Gasteiger partial charge in [0.15, 0.2) is 0 Å². The Kier molecular flexibility index (Phi) is 4.37. The maximum atomic E-state index is 11.6. The first kappa shape index (κ1) is 14.1. The zero-order chi connectivity index (χ0) is 13.8. The van der Waals surface area contributed by atoms with Gasteiger partial charge in [0, 0.05) is 18.0 Å². The molecule has 4 heteroatoms. The van der Waals surface area contributed by atoms with Crippen molar-refractivity contribution in [1.29, 1.82) is 0 Å². The molecule has 0 atom stereocenters. The van der Waals surface area contributed by atoms with Crippen molar-refractivity contribution in [2.24, 2.45) is 5.41 Å². The zero-order valence-corrected chi connectivity index (χ0v) is 11.2. The highest BCUT2D eigenvalue weighted by atomic mass is 16.3. The van der Waals surface area contributed by atoms with E-state index in [0.29, 0.717) is 5.69 Å². The van der Waals surface area contributed by atoms with E-state index >= 15 is 0 Å².